The summed E-state index contributed by atoms with van der Waals surface area (Å²) in [6.07, 6.45) is 3.68. The van der Waals surface area contributed by atoms with Crippen molar-refractivity contribution in [2.45, 2.75) is 32.2 Å². The van der Waals surface area contributed by atoms with Crippen LogP contribution in [0.25, 0.3) is 0 Å². The predicted octanol–water partition coefficient (Wildman–Crippen LogP) is 5.20. The molecule has 0 bridgehead atoms. The molecule has 2 aromatic rings. The maximum Gasteiger partial charge on any atom is 0.0640 e. The molecule has 1 aromatic heterocycles. The Hall–Kier alpha value is -0.990. The Balaban J connectivity index is 1.91. The average Bonchev–Trinajstić information content (AvgIpc) is 2.83. The first-order valence-electron chi connectivity index (χ1n) is 6.33. The van der Waals surface area contributed by atoms with Crippen molar-refractivity contribution in [1.82, 2.24) is 0 Å². The van der Waals surface area contributed by atoms with Crippen LogP contribution < -0.4 is 5.32 Å². The summed E-state index contributed by atoms with van der Waals surface area (Å²) in [6.45, 7) is 2.10. The van der Waals surface area contributed by atoms with Crippen molar-refractivity contribution in [3.63, 3.8) is 0 Å². The average molecular weight is 278 g/mol. The van der Waals surface area contributed by atoms with Crippen LogP contribution in [-0.4, -0.2) is 0 Å². The molecular weight excluding hydrogens is 262 g/mol. The predicted molar refractivity (Wildman–Crippen MR) is 79.8 cm³/mol. The van der Waals surface area contributed by atoms with Crippen LogP contribution in [0.4, 0.5) is 5.69 Å². The van der Waals surface area contributed by atoms with E-state index < -0.39 is 0 Å². The number of rotatable bonds is 2. The highest BCUT2D eigenvalue weighted by Gasteiger charge is 2.21. The van der Waals surface area contributed by atoms with Gasteiger partial charge >= 0.3 is 0 Å². The van der Waals surface area contributed by atoms with E-state index >= 15 is 0 Å². The third-order valence-electron chi connectivity index (χ3n) is 3.59. The van der Waals surface area contributed by atoms with Crippen molar-refractivity contribution < 1.29 is 0 Å². The first-order chi connectivity index (χ1) is 8.75. The Labute approximate surface area is 117 Å². The van der Waals surface area contributed by atoms with Crippen molar-refractivity contribution in [1.29, 1.82) is 0 Å². The summed E-state index contributed by atoms with van der Waals surface area (Å²) in [5.74, 6) is 0. The van der Waals surface area contributed by atoms with Crippen LogP contribution in [0.5, 0.6) is 0 Å². The number of hydrogen-bond acceptors (Lipinski definition) is 2. The molecule has 0 spiro atoms. The van der Waals surface area contributed by atoms with Gasteiger partial charge in [0.1, 0.15) is 0 Å². The first kappa shape index (κ1) is 12.1. The monoisotopic (exact) mass is 277 g/mol. The number of halogens is 1. The molecule has 0 amide bonds. The third kappa shape index (κ3) is 2.15. The molecule has 0 fully saturated rings. The van der Waals surface area contributed by atoms with Gasteiger partial charge in [-0.1, -0.05) is 23.7 Å². The topological polar surface area (TPSA) is 12.0 Å². The SMILES string of the molecule is Cc1cccc(Cl)c1NC1CCCc2sccc21. The van der Waals surface area contributed by atoms with Crippen LogP contribution in [0.3, 0.4) is 0 Å². The number of thiophene rings is 1. The molecule has 0 saturated carbocycles. The lowest BCUT2D eigenvalue weighted by Crippen LogP contribution is -2.16. The van der Waals surface area contributed by atoms with Gasteiger partial charge in [-0.05, 0) is 54.8 Å². The summed E-state index contributed by atoms with van der Waals surface area (Å²) in [7, 11) is 0. The standard InChI is InChI=1S/C15H16ClNS/c1-10-4-2-5-12(16)15(10)17-13-6-3-7-14-11(13)8-9-18-14/h2,4-5,8-9,13,17H,3,6-7H2,1H3. The molecule has 94 valence electrons. The minimum Gasteiger partial charge on any atom is -0.377 e. The molecule has 3 rings (SSSR count). The number of fused-ring (bicyclic) bond motifs is 1. The zero-order chi connectivity index (χ0) is 12.5. The summed E-state index contributed by atoms with van der Waals surface area (Å²) in [5.41, 5.74) is 3.76. The molecule has 3 heteroatoms. The zero-order valence-electron chi connectivity index (χ0n) is 10.4. The summed E-state index contributed by atoms with van der Waals surface area (Å²) in [4.78, 5) is 1.53. The van der Waals surface area contributed by atoms with Crippen molar-refractivity contribution in [2.24, 2.45) is 0 Å². The molecule has 0 saturated heterocycles. The maximum absolute atomic E-state index is 6.29. The molecule has 1 unspecified atom stereocenters. The van der Waals surface area contributed by atoms with Gasteiger partial charge < -0.3 is 5.32 Å². The number of anilines is 1. The number of hydrogen-bond donors (Lipinski definition) is 1. The maximum atomic E-state index is 6.29. The molecule has 1 atom stereocenters. The van der Waals surface area contributed by atoms with Crippen LogP contribution in [0.1, 0.15) is 34.9 Å². The number of benzene rings is 1. The lowest BCUT2D eigenvalue weighted by atomic mass is 9.93. The van der Waals surface area contributed by atoms with Gasteiger partial charge in [-0.2, -0.15) is 0 Å². The van der Waals surface area contributed by atoms with Gasteiger partial charge in [-0.3, -0.25) is 0 Å². The van der Waals surface area contributed by atoms with E-state index in [9.17, 15) is 0 Å². The smallest absolute Gasteiger partial charge is 0.0640 e. The van der Waals surface area contributed by atoms with Gasteiger partial charge in [0, 0.05) is 4.88 Å². The Kier molecular flexibility index (Phi) is 3.31. The summed E-state index contributed by atoms with van der Waals surface area (Å²) >= 11 is 8.16. The van der Waals surface area contributed by atoms with Gasteiger partial charge in [-0.15, -0.1) is 11.3 Å². The van der Waals surface area contributed by atoms with E-state index in [1.165, 1.54) is 35.3 Å². The Bertz CT molecular complexity index is 541. The number of para-hydroxylation sites is 1. The fourth-order valence-corrected chi connectivity index (χ4v) is 3.89. The second kappa shape index (κ2) is 4.94. The normalized spacial score (nSPS) is 18.4. The van der Waals surface area contributed by atoms with E-state index in [0.29, 0.717) is 6.04 Å². The first-order valence-corrected chi connectivity index (χ1v) is 7.59. The highest BCUT2D eigenvalue weighted by Crippen LogP contribution is 2.37. The van der Waals surface area contributed by atoms with Gasteiger partial charge in [-0.25, -0.2) is 0 Å². The van der Waals surface area contributed by atoms with E-state index in [2.05, 4.69) is 29.8 Å². The van der Waals surface area contributed by atoms with Crippen molar-refractivity contribution >= 4 is 28.6 Å². The van der Waals surface area contributed by atoms with E-state index in [0.717, 1.165) is 10.7 Å². The van der Waals surface area contributed by atoms with E-state index in [1.807, 2.05) is 23.5 Å². The number of aryl methyl sites for hydroxylation is 2. The van der Waals surface area contributed by atoms with Gasteiger partial charge in [0.25, 0.3) is 0 Å². The molecule has 1 nitrogen and oxygen atoms in total. The lowest BCUT2D eigenvalue weighted by molar-refractivity contribution is 0.608. The largest absolute Gasteiger partial charge is 0.377 e. The van der Waals surface area contributed by atoms with E-state index in [-0.39, 0.29) is 0 Å². The van der Waals surface area contributed by atoms with Crippen LogP contribution in [-0.2, 0) is 6.42 Å². The number of nitrogens with one attached hydrogen (secondary N) is 1. The summed E-state index contributed by atoms with van der Waals surface area (Å²) in [6, 6.07) is 8.72. The molecule has 1 aliphatic rings. The molecule has 18 heavy (non-hydrogen) atoms. The fraction of sp³-hybridized carbons (Fsp3) is 0.333. The lowest BCUT2D eigenvalue weighted by Gasteiger charge is -2.26. The van der Waals surface area contributed by atoms with Crippen molar-refractivity contribution in [3.8, 4) is 0 Å². The zero-order valence-corrected chi connectivity index (χ0v) is 11.9. The molecule has 0 radical (unpaired) electrons. The van der Waals surface area contributed by atoms with E-state index in [4.69, 9.17) is 11.6 Å². The van der Waals surface area contributed by atoms with E-state index in [1.54, 1.807) is 0 Å². The van der Waals surface area contributed by atoms with Crippen LogP contribution in [0, 0.1) is 6.92 Å². The Morgan fingerprint density at radius 1 is 1.33 bits per heavy atom. The highest BCUT2D eigenvalue weighted by atomic mass is 35.5. The fourth-order valence-electron chi connectivity index (χ4n) is 2.63. The van der Waals surface area contributed by atoms with Crippen LogP contribution >= 0.6 is 22.9 Å². The molecular formula is C15H16ClNS. The quantitative estimate of drug-likeness (QED) is 0.796. The van der Waals surface area contributed by atoms with Gasteiger partial charge in [0.05, 0.1) is 16.8 Å². The Morgan fingerprint density at radius 3 is 3.06 bits per heavy atom. The van der Waals surface area contributed by atoms with Crippen molar-refractivity contribution in [3.05, 3.63) is 50.7 Å². The molecule has 1 aliphatic carbocycles. The molecule has 0 aliphatic heterocycles. The van der Waals surface area contributed by atoms with Crippen LogP contribution in [0.15, 0.2) is 29.6 Å². The Morgan fingerprint density at radius 2 is 2.22 bits per heavy atom. The minimum atomic E-state index is 0.415. The molecule has 1 aromatic carbocycles. The second-order valence-electron chi connectivity index (χ2n) is 4.82. The van der Waals surface area contributed by atoms with Gasteiger partial charge in [0.2, 0.25) is 0 Å². The van der Waals surface area contributed by atoms with Crippen molar-refractivity contribution in [2.75, 3.05) is 5.32 Å². The summed E-state index contributed by atoms with van der Waals surface area (Å²) in [5, 5.41) is 6.65. The third-order valence-corrected chi connectivity index (χ3v) is 4.90. The summed E-state index contributed by atoms with van der Waals surface area (Å²) < 4.78 is 0. The van der Waals surface area contributed by atoms with Crippen LogP contribution in [0.2, 0.25) is 5.02 Å². The molecule has 1 heterocycles. The second-order valence-corrected chi connectivity index (χ2v) is 6.23. The minimum absolute atomic E-state index is 0.415. The van der Waals surface area contributed by atoms with Gasteiger partial charge in [0.15, 0.2) is 0 Å². The molecule has 1 N–H and O–H groups in total. The highest BCUT2D eigenvalue weighted by molar-refractivity contribution is 7.10.